The van der Waals surface area contributed by atoms with Gasteiger partial charge in [-0.15, -0.1) is 0 Å². The molecule has 0 spiro atoms. The van der Waals surface area contributed by atoms with E-state index in [0.717, 1.165) is 38.4 Å². The van der Waals surface area contributed by atoms with Crippen molar-refractivity contribution >= 4 is 33.3 Å². The predicted molar refractivity (Wildman–Crippen MR) is 129 cm³/mol. The van der Waals surface area contributed by atoms with Crippen LogP contribution in [0.15, 0.2) is 54.7 Å². The Morgan fingerprint density at radius 2 is 1.68 bits per heavy atom. The summed E-state index contributed by atoms with van der Waals surface area (Å²) < 4.78 is 7.54. The van der Waals surface area contributed by atoms with Crippen molar-refractivity contribution in [2.24, 2.45) is 0 Å². The molecule has 5 N–H and O–H groups in total. The first-order valence-electron chi connectivity index (χ1n) is 11.1. The summed E-state index contributed by atoms with van der Waals surface area (Å²) in [6, 6.07) is 14.9. The average Bonchev–Trinajstić information content (AvgIpc) is 3.15. The van der Waals surface area contributed by atoms with Crippen molar-refractivity contribution in [3.63, 3.8) is 0 Å². The molecule has 1 aliphatic heterocycles. The van der Waals surface area contributed by atoms with E-state index < -0.39 is 37.3 Å². The number of ether oxygens (including phenoxy) is 1. The highest BCUT2D eigenvalue weighted by Crippen LogP contribution is 2.36. The number of halogens is 1. The topological polar surface area (TPSA) is 115 Å². The third kappa shape index (κ3) is 3.94. The minimum absolute atomic E-state index is 0.218. The average molecular weight is 484 g/mol. The molecule has 1 aromatic heterocycles. The molecule has 0 unspecified atom stereocenters. The minimum Gasteiger partial charge on any atom is -0.508 e. The lowest BCUT2D eigenvalue weighted by Gasteiger charge is -2.40. The van der Waals surface area contributed by atoms with Crippen molar-refractivity contribution in [3.8, 4) is 5.75 Å². The smallest absolute Gasteiger partial charge is 0.163 e. The summed E-state index contributed by atoms with van der Waals surface area (Å²) in [6.45, 7) is 1.46. The van der Waals surface area contributed by atoms with E-state index in [4.69, 9.17) is 16.3 Å². The van der Waals surface area contributed by atoms with E-state index >= 15 is 0 Å². The van der Waals surface area contributed by atoms with E-state index in [9.17, 15) is 25.5 Å². The molecule has 8 heteroatoms. The van der Waals surface area contributed by atoms with Crippen molar-refractivity contribution < 1.29 is 30.3 Å². The maximum Gasteiger partial charge on any atom is 0.163 e. The van der Waals surface area contributed by atoms with Gasteiger partial charge in [-0.25, -0.2) is 0 Å². The van der Waals surface area contributed by atoms with E-state index in [1.54, 1.807) is 22.8 Å². The molecule has 3 aromatic carbocycles. The number of nitrogens with zero attached hydrogens (tertiary/aromatic N) is 1. The highest BCUT2D eigenvalue weighted by molar-refractivity contribution is 6.31. The second kappa shape index (κ2) is 8.85. The molecule has 0 aliphatic carbocycles. The van der Waals surface area contributed by atoms with Crippen molar-refractivity contribution in [1.82, 2.24) is 4.57 Å². The maximum absolute atomic E-state index is 10.7. The van der Waals surface area contributed by atoms with E-state index in [-0.39, 0.29) is 5.75 Å². The number of rotatable bonds is 4. The monoisotopic (exact) mass is 483 g/mol. The van der Waals surface area contributed by atoms with Crippen LogP contribution >= 0.6 is 11.6 Å². The predicted octanol–water partition coefficient (Wildman–Crippen LogP) is 3.03. The van der Waals surface area contributed by atoms with Crippen LogP contribution in [0.3, 0.4) is 0 Å². The van der Waals surface area contributed by atoms with Crippen LogP contribution < -0.4 is 0 Å². The van der Waals surface area contributed by atoms with Gasteiger partial charge in [0, 0.05) is 16.6 Å². The number of phenols is 1. The van der Waals surface area contributed by atoms with Crippen molar-refractivity contribution in [2.75, 3.05) is 6.61 Å². The summed E-state index contributed by atoms with van der Waals surface area (Å²) >= 11 is 6.36. The molecule has 1 saturated heterocycles. The fourth-order valence-electron chi connectivity index (χ4n) is 4.92. The number of benzene rings is 3. The minimum atomic E-state index is -1.48. The third-order valence-corrected chi connectivity index (χ3v) is 6.82. The second-order valence-corrected chi connectivity index (χ2v) is 9.38. The molecule has 5 rings (SSSR count). The molecule has 0 bridgehead atoms. The Bertz CT molecular complexity index is 1370. The fraction of sp³-hybridized carbons (Fsp3) is 0.308. The normalized spacial score (nSPS) is 25.3. The molecule has 2 heterocycles. The van der Waals surface area contributed by atoms with Gasteiger partial charge in [0.2, 0.25) is 0 Å². The third-order valence-electron chi connectivity index (χ3n) is 6.60. The van der Waals surface area contributed by atoms with Crippen molar-refractivity contribution in [2.45, 2.75) is 44.0 Å². The number of aryl methyl sites for hydroxylation is 1. The quantitative estimate of drug-likeness (QED) is 0.305. The number of aromatic hydroxyl groups is 1. The standard InChI is InChI=1S/C26H26ClNO6/c1-13-6-18(27)10-20-22(13)17(8-14-2-3-16-9-19(30)5-4-15(16)7-14)11-28(20)26-25(33)24(32)23(31)21(12-29)34-26/h2-7,9-11,21,23-26,29-33H,8,12H2,1H3/t21-,23-,24+,25-,26-/m1/s1. The highest BCUT2D eigenvalue weighted by atomic mass is 35.5. The van der Waals surface area contributed by atoms with Gasteiger partial charge >= 0.3 is 0 Å². The fourth-order valence-corrected chi connectivity index (χ4v) is 5.18. The first kappa shape index (κ1) is 23.1. The molecule has 4 aromatic rings. The van der Waals surface area contributed by atoms with Gasteiger partial charge in [0.25, 0.3) is 0 Å². The lowest BCUT2D eigenvalue weighted by Crippen LogP contribution is -2.56. The van der Waals surface area contributed by atoms with Crippen LogP contribution in [-0.2, 0) is 11.2 Å². The number of aliphatic hydroxyl groups excluding tert-OH is 4. The van der Waals surface area contributed by atoms with Gasteiger partial charge in [0.15, 0.2) is 6.23 Å². The number of hydrogen-bond acceptors (Lipinski definition) is 6. The Balaban J connectivity index is 1.60. The molecule has 5 atom stereocenters. The zero-order valence-electron chi connectivity index (χ0n) is 18.5. The summed E-state index contributed by atoms with van der Waals surface area (Å²) in [4.78, 5) is 0. The van der Waals surface area contributed by atoms with Crippen LogP contribution in [0.25, 0.3) is 21.7 Å². The van der Waals surface area contributed by atoms with Gasteiger partial charge < -0.3 is 34.8 Å². The Kier molecular flexibility index (Phi) is 6.02. The maximum atomic E-state index is 10.7. The van der Waals surface area contributed by atoms with Gasteiger partial charge in [0.1, 0.15) is 30.2 Å². The summed E-state index contributed by atoms with van der Waals surface area (Å²) in [5.41, 5.74) is 3.70. The van der Waals surface area contributed by atoms with Crippen molar-refractivity contribution in [1.29, 1.82) is 0 Å². The van der Waals surface area contributed by atoms with Crippen LogP contribution in [0, 0.1) is 6.92 Å². The summed E-state index contributed by atoms with van der Waals surface area (Å²) in [7, 11) is 0. The largest absolute Gasteiger partial charge is 0.508 e. The van der Waals surface area contributed by atoms with E-state index in [1.165, 1.54) is 0 Å². The van der Waals surface area contributed by atoms with E-state index in [2.05, 4.69) is 6.07 Å². The number of aliphatic hydroxyl groups is 4. The highest BCUT2D eigenvalue weighted by Gasteiger charge is 2.44. The second-order valence-electron chi connectivity index (χ2n) is 8.94. The van der Waals surface area contributed by atoms with Gasteiger partial charge in [-0.3, -0.25) is 0 Å². The first-order valence-corrected chi connectivity index (χ1v) is 11.5. The SMILES string of the molecule is Cc1cc(Cl)cc2c1c(Cc1ccc3cc(O)ccc3c1)cn2[C@@H]1O[C@H](CO)[C@@H](O)[C@H](O)[C@H]1O. The molecule has 0 saturated carbocycles. The molecule has 34 heavy (non-hydrogen) atoms. The van der Waals surface area contributed by atoms with E-state index in [0.29, 0.717) is 11.4 Å². The van der Waals surface area contributed by atoms with Crippen molar-refractivity contribution in [3.05, 3.63) is 76.4 Å². The van der Waals surface area contributed by atoms with Gasteiger partial charge in [-0.2, -0.15) is 0 Å². The summed E-state index contributed by atoms with van der Waals surface area (Å²) in [5, 5.41) is 54.0. The Morgan fingerprint density at radius 3 is 2.44 bits per heavy atom. The lowest BCUT2D eigenvalue weighted by atomic mass is 9.98. The van der Waals surface area contributed by atoms with Crippen LogP contribution in [0.4, 0.5) is 0 Å². The van der Waals surface area contributed by atoms with Crippen LogP contribution in [0.2, 0.25) is 5.02 Å². The van der Waals surface area contributed by atoms with Crippen LogP contribution in [0.5, 0.6) is 5.75 Å². The first-order chi connectivity index (χ1) is 16.3. The molecular weight excluding hydrogens is 458 g/mol. The number of phenolic OH excluding ortho intramolecular Hbond substituents is 1. The zero-order valence-corrected chi connectivity index (χ0v) is 19.2. The van der Waals surface area contributed by atoms with Gasteiger partial charge in [-0.05, 0) is 65.1 Å². The number of fused-ring (bicyclic) bond motifs is 2. The molecule has 178 valence electrons. The van der Waals surface area contributed by atoms with Gasteiger partial charge in [-0.1, -0.05) is 35.9 Å². The Morgan fingerprint density at radius 1 is 0.941 bits per heavy atom. The zero-order chi connectivity index (χ0) is 24.1. The van der Waals surface area contributed by atoms with E-state index in [1.807, 2.05) is 37.4 Å². The summed E-state index contributed by atoms with van der Waals surface area (Å²) in [6.07, 6.45) is -3.91. The van der Waals surface area contributed by atoms with Gasteiger partial charge in [0.05, 0.1) is 12.1 Å². The molecule has 0 amide bonds. The molecular formula is C26H26ClNO6. The number of aromatic nitrogens is 1. The molecule has 7 nitrogen and oxygen atoms in total. The van der Waals surface area contributed by atoms with Crippen LogP contribution in [0.1, 0.15) is 22.9 Å². The molecule has 1 fully saturated rings. The Hall–Kier alpha value is -2.65. The lowest BCUT2D eigenvalue weighted by molar-refractivity contribution is -0.250. The molecule has 1 aliphatic rings. The Labute approximate surface area is 201 Å². The van der Waals surface area contributed by atoms with Crippen LogP contribution in [-0.4, -0.2) is 61.1 Å². The number of hydrogen-bond donors (Lipinski definition) is 5. The molecule has 0 radical (unpaired) electrons. The summed E-state index contributed by atoms with van der Waals surface area (Å²) in [5.74, 6) is 0.218.